The van der Waals surface area contributed by atoms with Crippen molar-refractivity contribution in [1.82, 2.24) is 10.6 Å². The Bertz CT molecular complexity index is 315. The zero-order chi connectivity index (χ0) is 12.4. The average Bonchev–Trinajstić information content (AvgIpc) is 3.00. The fraction of sp³-hybridized carbons (Fsp3) is 0.833. The van der Waals surface area contributed by atoms with Crippen molar-refractivity contribution in [1.29, 1.82) is 0 Å². The summed E-state index contributed by atoms with van der Waals surface area (Å²) < 4.78 is 0. The smallest absolute Gasteiger partial charge is 0.305 e. The highest BCUT2D eigenvalue weighted by atomic mass is 16.4. The van der Waals surface area contributed by atoms with Crippen molar-refractivity contribution in [3.8, 4) is 0 Å². The summed E-state index contributed by atoms with van der Waals surface area (Å²) in [5.41, 5.74) is 0. The van der Waals surface area contributed by atoms with E-state index < -0.39 is 5.97 Å². The molecule has 1 heterocycles. The van der Waals surface area contributed by atoms with Crippen molar-refractivity contribution in [2.24, 2.45) is 17.8 Å². The molecule has 96 valence electrons. The third kappa shape index (κ3) is 3.19. The van der Waals surface area contributed by atoms with Crippen LogP contribution in [0.1, 0.15) is 26.2 Å². The molecule has 2 aliphatic rings. The molecule has 0 bridgehead atoms. The van der Waals surface area contributed by atoms with E-state index in [0.29, 0.717) is 18.4 Å². The van der Waals surface area contributed by atoms with Gasteiger partial charge in [0.1, 0.15) is 0 Å². The third-order valence-corrected chi connectivity index (χ3v) is 3.77. The molecule has 5 heteroatoms. The molecular weight excluding hydrogens is 220 g/mol. The molecule has 3 atom stereocenters. The number of nitrogens with one attached hydrogen (secondary N) is 2. The Balaban J connectivity index is 1.88. The van der Waals surface area contributed by atoms with Gasteiger partial charge in [-0.2, -0.15) is 0 Å². The summed E-state index contributed by atoms with van der Waals surface area (Å²) in [6, 6.07) is -0.173. The first kappa shape index (κ1) is 12.4. The molecule has 3 N–H and O–H groups in total. The number of hydrogen-bond acceptors (Lipinski definition) is 3. The molecule has 1 saturated carbocycles. The van der Waals surface area contributed by atoms with Crippen molar-refractivity contribution < 1.29 is 14.7 Å². The molecule has 1 saturated heterocycles. The molecule has 1 aliphatic heterocycles. The van der Waals surface area contributed by atoms with Gasteiger partial charge in [0.25, 0.3) is 0 Å². The highest BCUT2D eigenvalue weighted by molar-refractivity contribution is 5.80. The highest BCUT2D eigenvalue weighted by Crippen LogP contribution is 2.34. The van der Waals surface area contributed by atoms with Crippen LogP contribution >= 0.6 is 0 Å². The van der Waals surface area contributed by atoms with E-state index in [2.05, 4.69) is 10.6 Å². The second kappa shape index (κ2) is 5.04. The lowest BCUT2D eigenvalue weighted by Gasteiger charge is -2.20. The normalized spacial score (nSPS) is 29.9. The van der Waals surface area contributed by atoms with E-state index in [4.69, 9.17) is 5.11 Å². The van der Waals surface area contributed by atoms with Gasteiger partial charge in [-0.05, 0) is 31.2 Å². The highest BCUT2D eigenvalue weighted by Gasteiger charge is 2.36. The van der Waals surface area contributed by atoms with E-state index >= 15 is 0 Å². The molecular formula is C12H20N2O3. The molecule has 2 rings (SSSR count). The Kier molecular flexibility index (Phi) is 3.66. The molecule has 0 aromatic carbocycles. The van der Waals surface area contributed by atoms with Gasteiger partial charge in [0.15, 0.2) is 0 Å². The molecule has 1 unspecified atom stereocenters. The summed E-state index contributed by atoms with van der Waals surface area (Å²) in [5.74, 6) is -0.120. The van der Waals surface area contributed by atoms with Crippen molar-refractivity contribution in [2.45, 2.75) is 32.2 Å². The van der Waals surface area contributed by atoms with Crippen molar-refractivity contribution in [3.63, 3.8) is 0 Å². The van der Waals surface area contributed by atoms with E-state index in [-0.39, 0.29) is 24.3 Å². The SMILES string of the molecule is C[C@@H]1CNC[C@H]1C(=O)NC(CC(=O)O)C1CC1. The van der Waals surface area contributed by atoms with Crippen LogP contribution in [0.4, 0.5) is 0 Å². The predicted octanol–water partition coefficient (Wildman–Crippen LogP) is 0.211. The van der Waals surface area contributed by atoms with Gasteiger partial charge in [0.05, 0.1) is 12.3 Å². The number of carbonyl (C=O) groups excluding carboxylic acids is 1. The van der Waals surface area contributed by atoms with Crippen molar-refractivity contribution in [3.05, 3.63) is 0 Å². The Hall–Kier alpha value is -1.10. The first-order chi connectivity index (χ1) is 8.08. The maximum atomic E-state index is 12.0. The minimum atomic E-state index is -0.834. The van der Waals surface area contributed by atoms with Gasteiger partial charge in [-0.3, -0.25) is 9.59 Å². The van der Waals surface area contributed by atoms with Crippen molar-refractivity contribution >= 4 is 11.9 Å². The molecule has 1 amide bonds. The lowest BCUT2D eigenvalue weighted by Crippen LogP contribution is -2.43. The summed E-state index contributed by atoms with van der Waals surface area (Å²) in [6.07, 6.45) is 2.12. The summed E-state index contributed by atoms with van der Waals surface area (Å²) in [5, 5.41) is 14.9. The molecule has 0 aromatic heterocycles. The zero-order valence-corrected chi connectivity index (χ0v) is 10.1. The Morgan fingerprint density at radius 1 is 1.41 bits per heavy atom. The number of carboxylic acids is 1. The van der Waals surface area contributed by atoms with Crippen LogP contribution in [-0.4, -0.2) is 36.1 Å². The lowest BCUT2D eigenvalue weighted by molar-refractivity contribution is -0.138. The van der Waals surface area contributed by atoms with E-state index in [1.165, 1.54) is 0 Å². The minimum Gasteiger partial charge on any atom is -0.481 e. The second-order valence-electron chi connectivity index (χ2n) is 5.29. The van der Waals surface area contributed by atoms with Gasteiger partial charge < -0.3 is 15.7 Å². The van der Waals surface area contributed by atoms with Gasteiger partial charge >= 0.3 is 5.97 Å². The van der Waals surface area contributed by atoms with Gasteiger partial charge in [-0.15, -0.1) is 0 Å². The standard InChI is InChI=1S/C12H20N2O3/c1-7-5-13-6-9(7)12(17)14-10(4-11(15)16)8-2-3-8/h7-10,13H,2-6H2,1H3,(H,14,17)(H,15,16)/t7-,9-,10?/m1/s1. The minimum absolute atomic E-state index is 0.00922. The average molecular weight is 240 g/mol. The van der Waals surface area contributed by atoms with Crippen LogP contribution in [0.15, 0.2) is 0 Å². The van der Waals surface area contributed by atoms with Crippen LogP contribution in [0, 0.1) is 17.8 Å². The Morgan fingerprint density at radius 3 is 2.59 bits per heavy atom. The number of aliphatic carboxylic acids is 1. The fourth-order valence-electron chi connectivity index (χ4n) is 2.47. The van der Waals surface area contributed by atoms with Gasteiger partial charge in [-0.1, -0.05) is 6.92 Å². The molecule has 0 radical (unpaired) electrons. The summed E-state index contributed by atoms with van der Waals surface area (Å²) >= 11 is 0. The number of amides is 1. The zero-order valence-electron chi connectivity index (χ0n) is 10.1. The monoisotopic (exact) mass is 240 g/mol. The summed E-state index contributed by atoms with van der Waals surface area (Å²) in [7, 11) is 0. The van der Waals surface area contributed by atoms with E-state index in [1.54, 1.807) is 0 Å². The van der Waals surface area contributed by atoms with Crippen LogP contribution in [-0.2, 0) is 9.59 Å². The Labute approximate surface area is 101 Å². The van der Waals surface area contributed by atoms with Crippen LogP contribution < -0.4 is 10.6 Å². The number of rotatable bonds is 5. The topological polar surface area (TPSA) is 78.4 Å². The first-order valence-corrected chi connectivity index (χ1v) is 6.31. The maximum Gasteiger partial charge on any atom is 0.305 e. The van der Waals surface area contributed by atoms with Crippen LogP contribution in [0.3, 0.4) is 0 Å². The summed E-state index contributed by atoms with van der Waals surface area (Å²) in [6.45, 7) is 3.62. The fourth-order valence-corrected chi connectivity index (χ4v) is 2.47. The molecule has 2 fully saturated rings. The Morgan fingerprint density at radius 2 is 2.12 bits per heavy atom. The first-order valence-electron chi connectivity index (χ1n) is 6.31. The lowest BCUT2D eigenvalue weighted by atomic mass is 9.96. The van der Waals surface area contributed by atoms with Crippen LogP contribution in [0.5, 0.6) is 0 Å². The molecule has 1 aliphatic carbocycles. The van der Waals surface area contributed by atoms with Gasteiger partial charge in [0.2, 0.25) is 5.91 Å². The second-order valence-corrected chi connectivity index (χ2v) is 5.29. The van der Waals surface area contributed by atoms with Gasteiger partial charge in [0, 0.05) is 12.6 Å². The molecule has 17 heavy (non-hydrogen) atoms. The van der Waals surface area contributed by atoms with E-state index in [0.717, 1.165) is 19.4 Å². The van der Waals surface area contributed by atoms with Gasteiger partial charge in [-0.25, -0.2) is 0 Å². The number of carboxylic acid groups (broad SMARTS) is 1. The summed E-state index contributed by atoms with van der Waals surface area (Å²) in [4.78, 5) is 22.8. The maximum absolute atomic E-state index is 12.0. The van der Waals surface area contributed by atoms with E-state index in [1.807, 2.05) is 6.92 Å². The van der Waals surface area contributed by atoms with Crippen molar-refractivity contribution in [2.75, 3.05) is 13.1 Å². The molecule has 5 nitrogen and oxygen atoms in total. The van der Waals surface area contributed by atoms with E-state index in [9.17, 15) is 9.59 Å². The quantitative estimate of drug-likeness (QED) is 0.642. The number of carbonyl (C=O) groups is 2. The predicted molar refractivity (Wildman–Crippen MR) is 62.4 cm³/mol. The largest absolute Gasteiger partial charge is 0.481 e. The third-order valence-electron chi connectivity index (χ3n) is 3.77. The van der Waals surface area contributed by atoms with Crippen LogP contribution in [0.25, 0.3) is 0 Å². The molecule has 0 aromatic rings. The number of hydrogen-bond donors (Lipinski definition) is 3. The van der Waals surface area contributed by atoms with Crippen LogP contribution in [0.2, 0.25) is 0 Å². The molecule has 0 spiro atoms.